The van der Waals surface area contributed by atoms with Gasteiger partial charge < -0.3 is 15.0 Å². The van der Waals surface area contributed by atoms with Crippen molar-refractivity contribution in [2.24, 2.45) is 5.92 Å². The molecule has 3 aromatic carbocycles. The topological polar surface area (TPSA) is 89.4 Å². The van der Waals surface area contributed by atoms with Crippen LogP contribution in [-0.2, 0) is 22.7 Å². The molecule has 2 amide bonds. The van der Waals surface area contributed by atoms with Crippen LogP contribution in [0, 0.1) is 12.8 Å². The van der Waals surface area contributed by atoms with Crippen LogP contribution >= 0.6 is 0 Å². The summed E-state index contributed by atoms with van der Waals surface area (Å²) in [6.07, 6.45) is 6.67. The number of aromatic nitrogens is 3. The predicted molar refractivity (Wildman–Crippen MR) is 151 cm³/mol. The van der Waals surface area contributed by atoms with Gasteiger partial charge in [-0.1, -0.05) is 59.3 Å². The van der Waals surface area contributed by atoms with E-state index >= 15 is 0 Å². The summed E-state index contributed by atoms with van der Waals surface area (Å²) >= 11 is 0. The predicted octanol–water partition coefficient (Wildman–Crippen LogP) is 5.14. The normalized spacial score (nSPS) is 15.6. The number of para-hydroxylation sites is 1. The van der Waals surface area contributed by atoms with E-state index in [2.05, 4.69) is 27.8 Å². The maximum Gasteiger partial charge on any atom is 0.247 e. The first-order valence-corrected chi connectivity index (χ1v) is 13.2. The van der Waals surface area contributed by atoms with Gasteiger partial charge in [0.25, 0.3) is 0 Å². The molecule has 39 heavy (non-hydrogen) atoms. The number of ether oxygens (including phenoxy) is 1. The Balaban J connectivity index is 1.49. The number of aryl methyl sites for hydroxylation is 1. The molecule has 5 rings (SSSR count). The molecule has 4 aromatic rings. The molecule has 0 saturated carbocycles. The molecular formula is C31H33N5O3. The summed E-state index contributed by atoms with van der Waals surface area (Å²) in [5.74, 6) is 0.299. The van der Waals surface area contributed by atoms with Crippen LogP contribution in [-0.4, -0.2) is 44.9 Å². The fraction of sp³-hybridized carbons (Fsp3) is 0.290. The lowest BCUT2D eigenvalue weighted by molar-refractivity contribution is -0.142. The van der Waals surface area contributed by atoms with Gasteiger partial charge in [-0.25, -0.2) is 4.68 Å². The maximum absolute atomic E-state index is 14.1. The highest BCUT2D eigenvalue weighted by Crippen LogP contribution is 2.29. The van der Waals surface area contributed by atoms with Crippen LogP contribution in [0.1, 0.15) is 30.4 Å². The quantitative estimate of drug-likeness (QED) is 0.307. The summed E-state index contributed by atoms with van der Waals surface area (Å²) in [6.45, 7) is 2.33. The molecule has 0 bridgehead atoms. The minimum Gasteiger partial charge on any atom is -0.497 e. The Bertz CT molecular complexity index is 1460. The third-order valence-corrected chi connectivity index (χ3v) is 7.22. The van der Waals surface area contributed by atoms with E-state index in [9.17, 15) is 9.59 Å². The number of amides is 2. The average molecular weight is 524 g/mol. The van der Waals surface area contributed by atoms with Crippen LogP contribution in [0.3, 0.4) is 0 Å². The lowest BCUT2D eigenvalue weighted by atomic mass is 9.85. The van der Waals surface area contributed by atoms with Crippen molar-refractivity contribution in [2.75, 3.05) is 12.4 Å². The van der Waals surface area contributed by atoms with Crippen LogP contribution in [0.5, 0.6) is 5.75 Å². The molecule has 1 N–H and O–H groups in total. The van der Waals surface area contributed by atoms with Crippen molar-refractivity contribution in [1.29, 1.82) is 0 Å². The number of nitrogens with zero attached hydrogens (tertiary/aromatic N) is 4. The fourth-order valence-corrected chi connectivity index (χ4v) is 5.09. The number of carbonyl (C=O) groups is 2. The zero-order chi connectivity index (χ0) is 27.2. The van der Waals surface area contributed by atoms with Crippen LogP contribution < -0.4 is 10.1 Å². The molecule has 0 spiro atoms. The van der Waals surface area contributed by atoms with Gasteiger partial charge in [-0.2, -0.15) is 0 Å². The van der Waals surface area contributed by atoms with Crippen LogP contribution in [0.15, 0.2) is 84.9 Å². The second-order valence-electron chi connectivity index (χ2n) is 9.95. The summed E-state index contributed by atoms with van der Waals surface area (Å²) < 4.78 is 6.87. The standard InChI is InChI=1S/C31H33N5O3/c1-22-12-14-23(15-13-22)20-35(29(37)21-36-28-11-7-6-10-27(28)33-34-36)30(24-8-4-3-5-9-24)31(38)32-25-16-18-26(39-2)19-17-25/h3-4,6-7,10-19,24,30H,5,8-9,20-21H2,1-2H3,(H,32,38). The van der Waals surface area contributed by atoms with Gasteiger partial charge in [0.05, 0.1) is 12.6 Å². The Morgan fingerprint density at radius 1 is 1.05 bits per heavy atom. The summed E-state index contributed by atoms with van der Waals surface area (Å²) in [5, 5.41) is 11.5. The molecule has 0 fully saturated rings. The summed E-state index contributed by atoms with van der Waals surface area (Å²) in [4.78, 5) is 29.8. The molecule has 0 radical (unpaired) electrons. The number of rotatable bonds is 9. The summed E-state index contributed by atoms with van der Waals surface area (Å²) in [6, 6.07) is 22.2. The van der Waals surface area contributed by atoms with E-state index in [4.69, 9.17) is 4.74 Å². The average Bonchev–Trinajstić information content (AvgIpc) is 3.37. The molecular weight excluding hydrogens is 490 g/mol. The molecule has 1 aromatic heterocycles. The number of carbonyl (C=O) groups excluding carboxylic acids is 2. The molecule has 1 heterocycles. The first-order chi connectivity index (χ1) is 19.0. The van der Waals surface area contributed by atoms with E-state index in [0.717, 1.165) is 41.4 Å². The van der Waals surface area contributed by atoms with Gasteiger partial charge in [-0.15, -0.1) is 5.10 Å². The highest BCUT2D eigenvalue weighted by atomic mass is 16.5. The van der Waals surface area contributed by atoms with Crippen molar-refractivity contribution in [3.05, 3.63) is 96.1 Å². The molecule has 0 aliphatic heterocycles. The fourth-order valence-electron chi connectivity index (χ4n) is 5.09. The minimum absolute atomic E-state index is 0.0126. The van der Waals surface area contributed by atoms with Crippen molar-refractivity contribution in [3.8, 4) is 5.75 Å². The largest absolute Gasteiger partial charge is 0.497 e. The Morgan fingerprint density at radius 2 is 1.82 bits per heavy atom. The third kappa shape index (κ3) is 6.17. The Hall–Kier alpha value is -4.46. The lowest BCUT2D eigenvalue weighted by Gasteiger charge is -2.37. The van der Waals surface area contributed by atoms with Crippen molar-refractivity contribution >= 4 is 28.5 Å². The number of methoxy groups -OCH3 is 1. The zero-order valence-corrected chi connectivity index (χ0v) is 22.3. The lowest BCUT2D eigenvalue weighted by Crippen LogP contribution is -2.52. The van der Waals surface area contributed by atoms with Crippen molar-refractivity contribution in [2.45, 2.75) is 45.3 Å². The smallest absolute Gasteiger partial charge is 0.247 e. The van der Waals surface area contributed by atoms with Crippen LogP contribution in [0.2, 0.25) is 0 Å². The van der Waals surface area contributed by atoms with Crippen molar-refractivity contribution in [1.82, 2.24) is 19.9 Å². The molecule has 1 aliphatic carbocycles. The minimum atomic E-state index is -0.666. The van der Waals surface area contributed by atoms with Gasteiger partial charge >= 0.3 is 0 Å². The third-order valence-electron chi connectivity index (χ3n) is 7.22. The second kappa shape index (κ2) is 11.9. The first-order valence-electron chi connectivity index (χ1n) is 13.2. The van der Waals surface area contributed by atoms with E-state index in [1.807, 2.05) is 67.6 Å². The number of hydrogen-bond donors (Lipinski definition) is 1. The Morgan fingerprint density at radius 3 is 2.54 bits per heavy atom. The number of allylic oxidation sites excluding steroid dienone is 2. The Kier molecular flexibility index (Phi) is 8.01. The number of benzene rings is 3. The number of anilines is 1. The van der Waals surface area contributed by atoms with Crippen molar-refractivity contribution in [3.63, 3.8) is 0 Å². The zero-order valence-electron chi connectivity index (χ0n) is 22.3. The van der Waals surface area contributed by atoms with E-state index in [1.165, 1.54) is 0 Å². The molecule has 200 valence electrons. The van der Waals surface area contributed by atoms with E-state index in [1.54, 1.807) is 28.8 Å². The summed E-state index contributed by atoms with van der Waals surface area (Å²) in [5.41, 5.74) is 4.26. The molecule has 8 nitrogen and oxygen atoms in total. The van der Waals surface area contributed by atoms with Gasteiger partial charge in [0.15, 0.2) is 0 Å². The molecule has 1 aliphatic rings. The van der Waals surface area contributed by atoms with Gasteiger partial charge in [-0.3, -0.25) is 9.59 Å². The van der Waals surface area contributed by atoms with Crippen LogP contribution in [0.25, 0.3) is 11.0 Å². The maximum atomic E-state index is 14.1. The van der Waals surface area contributed by atoms with Gasteiger partial charge in [0.2, 0.25) is 11.8 Å². The SMILES string of the molecule is COc1ccc(NC(=O)C(C2CC=CCC2)N(Cc2ccc(C)cc2)C(=O)Cn2nnc3ccccc32)cc1. The molecule has 8 heteroatoms. The highest BCUT2D eigenvalue weighted by molar-refractivity contribution is 5.97. The summed E-state index contributed by atoms with van der Waals surface area (Å²) in [7, 11) is 1.60. The van der Waals surface area contributed by atoms with Gasteiger partial charge in [0.1, 0.15) is 23.9 Å². The first kappa shape index (κ1) is 26.2. The van der Waals surface area contributed by atoms with E-state index in [-0.39, 0.29) is 24.3 Å². The van der Waals surface area contributed by atoms with Gasteiger partial charge in [0, 0.05) is 12.2 Å². The van der Waals surface area contributed by atoms with E-state index in [0.29, 0.717) is 18.0 Å². The molecule has 2 atom stereocenters. The highest BCUT2D eigenvalue weighted by Gasteiger charge is 2.37. The number of fused-ring (bicyclic) bond motifs is 1. The molecule has 0 saturated heterocycles. The monoisotopic (exact) mass is 523 g/mol. The van der Waals surface area contributed by atoms with Gasteiger partial charge in [-0.05, 0) is 74.1 Å². The van der Waals surface area contributed by atoms with Crippen LogP contribution in [0.4, 0.5) is 5.69 Å². The second-order valence-corrected chi connectivity index (χ2v) is 9.95. The van der Waals surface area contributed by atoms with E-state index < -0.39 is 6.04 Å². The number of hydrogen-bond acceptors (Lipinski definition) is 5. The van der Waals surface area contributed by atoms with Crippen molar-refractivity contribution < 1.29 is 14.3 Å². The molecule has 2 unspecified atom stereocenters. The number of nitrogens with one attached hydrogen (secondary N) is 1. The Labute approximate surface area is 228 Å².